The number of hydrogen-bond acceptors (Lipinski definition) is 5. The molecule has 5 N–H and O–H groups in total. The van der Waals surface area contributed by atoms with Crippen molar-refractivity contribution in [3.05, 3.63) is 45.7 Å². The summed E-state index contributed by atoms with van der Waals surface area (Å²) in [6, 6.07) is 7.06. The number of aromatic nitrogens is 2. The minimum atomic E-state index is -0.448. The van der Waals surface area contributed by atoms with E-state index >= 15 is 0 Å². The van der Waals surface area contributed by atoms with Crippen LogP contribution in [0.25, 0.3) is 0 Å². The van der Waals surface area contributed by atoms with Crippen molar-refractivity contribution in [2.24, 2.45) is 0 Å². The van der Waals surface area contributed by atoms with Gasteiger partial charge in [-0.1, -0.05) is 29.5 Å². The molecule has 26 heavy (non-hydrogen) atoms. The third kappa shape index (κ3) is 5.34. The Morgan fingerprint density at radius 3 is 2.50 bits per heavy atom. The molecule has 0 aliphatic carbocycles. The SMILES string of the molecule is CC[NH+](CC)CCSc1nc(N)c(NC(=O)c2ccc(C)cc2)c(=O)[nH]1. The lowest BCUT2D eigenvalue weighted by Crippen LogP contribution is -3.11. The molecule has 0 saturated heterocycles. The van der Waals surface area contributed by atoms with E-state index in [0.717, 1.165) is 31.0 Å². The van der Waals surface area contributed by atoms with E-state index in [1.807, 2.05) is 19.1 Å². The number of anilines is 2. The molecule has 0 saturated carbocycles. The molecule has 0 aliphatic rings. The summed E-state index contributed by atoms with van der Waals surface area (Å²) in [6.45, 7) is 9.33. The van der Waals surface area contributed by atoms with E-state index in [2.05, 4.69) is 29.1 Å². The molecule has 8 heteroatoms. The van der Waals surface area contributed by atoms with Gasteiger partial charge in [-0.25, -0.2) is 4.98 Å². The van der Waals surface area contributed by atoms with Gasteiger partial charge in [0.1, 0.15) is 5.69 Å². The van der Waals surface area contributed by atoms with Crippen molar-refractivity contribution in [1.29, 1.82) is 0 Å². The predicted molar refractivity (Wildman–Crippen MR) is 106 cm³/mol. The van der Waals surface area contributed by atoms with Gasteiger partial charge < -0.3 is 16.0 Å². The number of benzene rings is 1. The first-order chi connectivity index (χ1) is 12.4. The molecule has 1 heterocycles. The second kappa shape index (κ2) is 9.40. The van der Waals surface area contributed by atoms with Crippen LogP contribution in [0.2, 0.25) is 0 Å². The highest BCUT2D eigenvalue weighted by Crippen LogP contribution is 2.16. The number of carbonyl (C=O) groups is 1. The number of nitrogen functional groups attached to an aromatic ring is 1. The number of aromatic amines is 1. The molecule has 0 radical (unpaired) electrons. The van der Waals surface area contributed by atoms with Crippen LogP contribution >= 0.6 is 11.8 Å². The van der Waals surface area contributed by atoms with Crippen LogP contribution in [0.15, 0.2) is 34.2 Å². The number of thioether (sulfide) groups is 1. The van der Waals surface area contributed by atoms with Gasteiger partial charge in [0, 0.05) is 5.56 Å². The maximum atomic E-state index is 12.3. The van der Waals surface area contributed by atoms with E-state index in [-0.39, 0.29) is 11.5 Å². The largest absolute Gasteiger partial charge is 0.382 e. The number of nitrogens with zero attached hydrogens (tertiary/aromatic N) is 1. The van der Waals surface area contributed by atoms with Crippen LogP contribution in [-0.4, -0.2) is 41.3 Å². The quantitative estimate of drug-likeness (QED) is 0.405. The summed E-state index contributed by atoms with van der Waals surface area (Å²) in [6.07, 6.45) is 0. The van der Waals surface area contributed by atoms with E-state index in [0.29, 0.717) is 10.7 Å². The summed E-state index contributed by atoms with van der Waals surface area (Å²) < 4.78 is 0. The van der Waals surface area contributed by atoms with Gasteiger partial charge in [-0.15, -0.1) is 0 Å². The van der Waals surface area contributed by atoms with E-state index in [9.17, 15) is 9.59 Å². The average Bonchev–Trinajstić information content (AvgIpc) is 2.62. The number of carbonyl (C=O) groups excluding carboxylic acids is 1. The summed E-state index contributed by atoms with van der Waals surface area (Å²) in [7, 11) is 0. The Morgan fingerprint density at radius 2 is 1.92 bits per heavy atom. The van der Waals surface area contributed by atoms with Crippen LogP contribution < -0.4 is 21.5 Å². The summed E-state index contributed by atoms with van der Waals surface area (Å²) in [5.74, 6) is 0.454. The lowest BCUT2D eigenvalue weighted by Gasteiger charge is -2.14. The Hall–Kier alpha value is -2.32. The zero-order valence-electron chi connectivity index (χ0n) is 15.4. The fourth-order valence-corrected chi connectivity index (χ4v) is 3.36. The third-order valence-electron chi connectivity index (χ3n) is 4.17. The molecule has 0 fully saturated rings. The number of nitrogens with two attached hydrogens (primary N) is 1. The molecule has 0 bridgehead atoms. The van der Waals surface area contributed by atoms with Crippen LogP contribution in [0.4, 0.5) is 11.5 Å². The van der Waals surface area contributed by atoms with Crippen LogP contribution in [-0.2, 0) is 0 Å². The van der Waals surface area contributed by atoms with E-state index in [1.54, 1.807) is 12.1 Å². The number of nitrogens with one attached hydrogen (secondary N) is 3. The van der Waals surface area contributed by atoms with Gasteiger partial charge in [0.25, 0.3) is 11.5 Å². The molecule has 1 aromatic heterocycles. The molecule has 2 rings (SSSR count). The highest BCUT2D eigenvalue weighted by Gasteiger charge is 2.14. The number of quaternary nitrogens is 1. The Labute approximate surface area is 157 Å². The number of amides is 1. The maximum absolute atomic E-state index is 12.3. The van der Waals surface area contributed by atoms with Crippen molar-refractivity contribution in [1.82, 2.24) is 9.97 Å². The molecule has 0 aliphatic heterocycles. The molecular weight excluding hydrogens is 350 g/mol. The molecule has 1 amide bonds. The molecule has 0 unspecified atom stereocenters. The van der Waals surface area contributed by atoms with Crippen molar-refractivity contribution in [2.75, 3.05) is 36.4 Å². The molecule has 0 atom stereocenters. The first-order valence-corrected chi connectivity index (χ1v) is 9.67. The second-order valence-electron chi connectivity index (χ2n) is 6.01. The smallest absolute Gasteiger partial charge is 0.277 e. The Kier molecular flexibility index (Phi) is 7.23. The standard InChI is InChI=1S/C18H25N5O2S/c1-4-23(5-2)10-11-26-18-21-15(19)14(17(25)22-18)20-16(24)13-8-6-12(3)7-9-13/h6-9H,4-5,10-11H2,1-3H3,(H,20,24)(H3,19,21,22,25)/p+1. The predicted octanol–water partition coefficient (Wildman–Crippen LogP) is 0.930. The topological polar surface area (TPSA) is 105 Å². The van der Waals surface area contributed by atoms with Gasteiger partial charge in [0.15, 0.2) is 11.0 Å². The molecular formula is C18H26N5O2S+. The van der Waals surface area contributed by atoms with Crippen molar-refractivity contribution in [3.8, 4) is 0 Å². The molecule has 0 spiro atoms. The zero-order chi connectivity index (χ0) is 19.1. The highest BCUT2D eigenvalue weighted by molar-refractivity contribution is 7.99. The monoisotopic (exact) mass is 376 g/mol. The first kappa shape index (κ1) is 20.0. The average molecular weight is 377 g/mol. The Balaban J connectivity index is 2.05. The van der Waals surface area contributed by atoms with Crippen LogP contribution in [0.5, 0.6) is 0 Å². The van der Waals surface area contributed by atoms with Gasteiger partial charge in [0.05, 0.1) is 25.4 Å². The number of rotatable bonds is 8. The van der Waals surface area contributed by atoms with Crippen molar-refractivity contribution in [2.45, 2.75) is 25.9 Å². The lowest BCUT2D eigenvalue weighted by molar-refractivity contribution is -0.893. The van der Waals surface area contributed by atoms with Crippen molar-refractivity contribution < 1.29 is 9.69 Å². The zero-order valence-corrected chi connectivity index (χ0v) is 16.2. The summed E-state index contributed by atoms with van der Waals surface area (Å²) >= 11 is 1.45. The fraction of sp³-hybridized carbons (Fsp3) is 0.389. The van der Waals surface area contributed by atoms with Gasteiger partial charge in [-0.05, 0) is 32.9 Å². The second-order valence-corrected chi connectivity index (χ2v) is 7.09. The fourth-order valence-electron chi connectivity index (χ4n) is 2.44. The van der Waals surface area contributed by atoms with Gasteiger partial charge in [-0.3, -0.25) is 14.6 Å². The minimum absolute atomic E-state index is 0.0192. The Bertz CT molecular complexity index is 800. The molecule has 7 nitrogen and oxygen atoms in total. The maximum Gasteiger partial charge on any atom is 0.277 e. The van der Waals surface area contributed by atoms with Crippen molar-refractivity contribution in [3.63, 3.8) is 0 Å². The van der Waals surface area contributed by atoms with Gasteiger partial charge >= 0.3 is 0 Å². The first-order valence-electron chi connectivity index (χ1n) is 8.68. The highest BCUT2D eigenvalue weighted by atomic mass is 32.2. The third-order valence-corrected chi connectivity index (χ3v) is 5.05. The Morgan fingerprint density at radius 1 is 1.27 bits per heavy atom. The van der Waals surface area contributed by atoms with Crippen molar-refractivity contribution >= 4 is 29.2 Å². The van der Waals surface area contributed by atoms with Crippen LogP contribution in [0.1, 0.15) is 29.8 Å². The number of aryl methyl sites for hydroxylation is 1. The summed E-state index contributed by atoms with van der Waals surface area (Å²) in [5.41, 5.74) is 6.93. The van der Waals surface area contributed by atoms with Crippen LogP contribution in [0, 0.1) is 6.92 Å². The normalized spacial score (nSPS) is 10.9. The number of hydrogen-bond donors (Lipinski definition) is 4. The van der Waals surface area contributed by atoms with E-state index in [1.165, 1.54) is 16.7 Å². The molecule has 2 aromatic rings. The summed E-state index contributed by atoms with van der Waals surface area (Å²) in [5, 5.41) is 3.02. The van der Waals surface area contributed by atoms with Crippen LogP contribution in [0.3, 0.4) is 0 Å². The lowest BCUT2D eigenvalue weighted by atomic mass is 10.1. The molecule has 1 aromatic carbocycles. The van der Waals surface area contributed by atoms with Gasteiger partial charge in [0.2, 0.25) is 0 Å². The number of H-pyrrole nitrogens is 1. The summed E-state index contributed by atoms with van der Waals surface area (Å²) in [4.78, 5) is 32.9. The van der Waals surface area contributed by atoms with E-state index < -0.39 is 11.5 Å². The van der Waals surface area contributed by atoms with E-state index in [4.69, 9.17) is 5.73 Å². The minimum Gasteiger partial charge on any atom is -0.382 e. The van der Waals surface area contributed by atoms with Gasteiger partial charge in [-0.2, -0.15) is 0 Å². The molecule has 140 valence electrons.